The fourth-order valence-electron chi connectivity index (χ4n) is 2.47. The fraction of sp³-hybridized carbons (Fsp3) is 0.286. The molecular weight excluding hydrogens is 445 g/mol. The standard InChI is InChI=1S/C21H23ClFN3O4S/c1-13(30-15-9-7-14(23)8-10-15)19(27)25-26-21(29)18(11-12-31-2)24-20(28)16-5-3-4-6-17(16)22/h3-10,13,18H,11-12H2,1-2H3,(H,24,28)(H,25,27)(H,26,29)/t13-,18+/m0/s1. The molecule has 0 aliphatic heterocycles. The minimum Gasteiger partial charge on any atom is -0.481 e. The van der Waals surface area contributed by atoms with Gasteiger partial charge in [-0.1, -0.05) is 23.7 Å². The molecule has 0 unspecified atom stereocenters. The predicted octanol–water partition coefficient (Wildman–Crippen LogP) is 2.95. The molecule has 0 aliphatic carbocycles. The van der Waals surface area contributed by atoms with Crippen molar-refractivity contribution in [3.8, 4) is 5.75 Å². The highest BCUT2D eigenvalue weighted by molar-refractivity contribution is 7.98. The summed E-state index contributed by atoms with van der Waals surface area (Å²) in [6.07, 6.45) is 1.27. The van der Waals surface area contributed by atoms with Gasteiger partial charge in [-0.05, 0) is 61.8 Å². The Morgan fingerprint density at radius 2 is 1.71 bits per heavy atom. The SMILES string of the molecule is CSCC[C@@H](NC(=O)c1ccccc1Cl)C(=O)NNC(=O)[C@H](C)Oc1ccc(F)cc1. The highest BCUT2D eigenvalue weighted by atomic mass is 35.5. The van der Waals surface area contributed by atoms with Gasteiger partial charge in [-0.2, -0.15) is 11.8 Å². The molecule has 2 aromatic carbocycles. The van der Waals surface area contributed by atoms with E-state index in [4.69, 9.17) is 16.3 Å². The van der Waals surface area contributed by atoms with Gasteiger partial charge in [-0.3, -0.25) is 25.2 Å². The zero-order valence-corrected chi connectivity index (χ0v) is 18.6. The second-order valence-corrected chi connectivity index (χ2v) is 7.87. The summed E-state index contributed by atoms with van der Waals surface area (Å²) in [5.74, 6) is -1.20. The van der Waals surface area contributed by atoms with Crippen LogP contribution in [0.4, 0.5) is 4.39 Å². The number of nitrogens with one attached hydrogen (secondary N) is 3. The first-order valence-corrected chi connectivity index (χ1v) is 11.1. The van der Waals surface area contributed by atoms with Crippen LogP contribution < -0.4 is 20.9 Å². The minimum absolute atomic E-state index is 0.247. The molecule has 166 valence electrons. The molecule has 0 fully saturated rings. The molecule has 0 saturated heterocycles. The number of halogens is 2. The summed E-state index contributed by atoms with van der Waals surface area (Å²) in [4.78, 5) is 37.3. The molecule has 31 heavy (non-hydrogen) atoms. The average Bonchev–Trinajstić information content (AvgIpc) is 2.76. The van der Waals surface area contributed by atoms with E-state index in [1.807, 2.05) is 6.26 Å². The van der Waals surface area contributed by atoms with Crippen LogP contribution in [0.3, 0.4) is 0 Å². The van der Waals surface area contributed by atoms with Gasteiger partial charge < -0.3 is 10.1 Å². The third-order valence-corrected chi connectivity index (χ3v) is 5.13. The van der Waals surface area contributed by atoms with Crippen LogP contribution in [0.2, 0.25) is 5.02 Å². The number of rotatable bonds is 9. The summed E-state index contributed by atoms with van der Waals surface area (Å²) in [5.41, 5.74) is 4.82. The first-order chi connectivity index (χ1) is 14.8. The van der Waals surface area contributed by atoms with Crippen molar-refractivity contribution in [3.05, 3.63) is 64.9 Å². The summed E-state index contributed by atoms with van der Waals surface area (Å²) in [6.45, 7) is 1.48. The monoisotopic (exact) mass is 467 g/mol. The van der Waals surface area contributed by atoms with Crippen molar-refractivity contribution in [2.24, 2.45) is 0 Å². The van der Waals surface area contributed by atoms with Gasteiger partial charge in [0.15, 0.2) is 6.10 Å². The molecule has 0 bridgehead atoms. The maximum absolute atomic E-state index is 13.0. The van der Waals surface area contributed by atoms with E-state index < -0.39 is 35.7 Å². The number of carbonyl (C=O) groups is 3. The van der Waals surface area contributed by atoms with Crippen molar-refractivity contribution in [2.45, 2.75) is 25.5 Å². The van der Waals surface area contributed by atoms with Gasteiger partial charge in [-0.25, -0.2) is 4.39 Å². The number of carbonyl (C=O) groups excluding carboxylic acids is 3. The van der Waals surface area contributed by atoms with Crippen LogP contribution in [0.25, 0.3) is 0 Å². The lowest BCUT2D eigenvalue weighted by molar-refractivity contribution is -0.133. The number of ether oxygens (including phenoxy) is 1. The van der Waals surface area contributed by atoms with Crippen molar-refractivity contribution in [2.75, 3.05) is 12.0 Å². The lowest BCUT2D eigenvalue weighted by Crippen LogP contribution is -2.54. The minimum atomic E-state index is -0.951. The zero-order valence-electron chi connectivity index (χ0n) is 17.0. The Kier molecular flexibility index (Phi) is 9.61. The van der Waals surface area contributed by atoms with Crippen molar-refractivity contribution >= 4 is 41.1 Å². The Morgan fingerprint density at radius 3 is 2.35 bits per heavy atom. The molecule has 0 heterocycles. The van der Waals surface area contributed by atoms with Crippen LogP contribution in [-0.2, 0) is 9.59 Å². The Morgan fingerprint density at radius 1 is 1.06 bits per heavy atom. The third-order valence-electron chi connectivity index (χ3n) is 4.16. The number of amides is 3. The Hall–Kier alpha value is -2.78. The van der Waals surface area contributed by atoms with E-state index in [1.54, 1.807) is 24.3 Å². The molecular formula is C21H23ClFN3O4S. The molecule has 3 N–H and O–H groups in total. The van der Waals surface area contributed by atoms with Crippen molar-refractivity contribution in [3.63, 3.8) is 0 Å². The quantitative estimate of drug-likeness (QED) is 0.493. The zero-order chi connectivity index (χ0) is 22.8. The third kappa shape index (κ3) is 7.76. The molecule has 2 aromatic rings. The van der Waals surface area contributed by atoms with Gasteiger partial charge in [0.2, 0.25) is 0 Å². The van der Waals surface area contributed by atoms with Gasteiger partial charge in [0.1, 0.15) is 17.6 Å². The summed E-state index contributed by atoms with van der Waals surface area (Å²) in [6, 6.07) is 10.8. The number of thioether (sulfide) groups is 1. The van der Waals surface area contributed by atoms with Gasteiger partial charge in [-0.15, -0.1) is 0 Å². The van der Waals surface area contributed by atoms with Crippen LogP contribution in [0.1, 0.15) is 23.7 Å². The average molecular weight is 468 g/mol. The molecule has 2 rings (SSSR count). The summed E-state index contributed by atoms with van der Waals surface area (Å²) >= 11 is 7.56. The van der Waals surface area contributed by atoms with Crippen molar-refractivity contribution in [1.82, 2.24) is 16.2 Å². The Labute approximate surface area is 189 Å². The van der Waals surface area contributed by atoms with Crippen LogP contribution in [0.15, 0.2) is 48.5 Å². The number of hydrogen-bond donors (Lipinski definition) is 3. The lowest BCUT2D eigenvalue weighted by atomic mass is 10.1. The maximum atomic E-state index is 13.0. The van der Waals surface area contributed by atoms with Crippen LogP contribution >= 0.6 is 23.4 Å². The molecule has 3 amide bonds. The van der Waals surface area contributed by atoms with Gasteiger partial charge in [0, 0.05) is 0 Å². The molecule has 10 heteroatoms. The van der Waals surface area contributed by atoms with Crippen molar-refractivity contribution in [1.29, 1.82) is 0 Å². The van der Waals surface area contributed by atoms with Crippen LogP contribution in [0, 0.1) is 5.82 Å². The molecule has 0 aliphatic rings. The second-order valence-electron chi connectivity index (χ2n) is 6.48. The van der Waals surface area contributed by atoms with E-state index in [0.717, 1.165) is 0 Å². The van der Waals surface area contributed by atoms with E-state index in [2.05, 4.69) is 16.2 Å². The molecule has 2 atom stereocenters. The van der Waals surface area contributed by atoms with E-state index in [9.17, 15) is 18.8 Å². The molecule has 0 radical (unpaired) electrons. The Balaban J connectivity index is 1.93. The normalized spacial score (nSPS) is 12.4. The van der Waals surface area contributed by atoms with Crippen molar-refractivity contribution < 1.29 is 23.5 Å². The largest absolute Gasteiger partial charge is 0.481 e. The highest BCUT2D eigenvalue weighted by Gasteiger charge is 2.23. The maximum Gasteiger partial charge on any atom is 0.279 e. The molecule has 0 aromatic heterocycles. The summed E-state index contributed by atoms with van der Waals surface area (Å²) in [5, 5.41) is 2.91. The van der Waals surface area contributed by atoms with Crippen LogP contribution in [-0.4, -0.2) is 41.9 Å². The second kappa shape index (κ2) is 12.2. The summed E-state index contributed by atoms with van der Waals surface area (Å²) in [7, 11) is 0. The molecule has 0 spiro atoms. The number of hydrazine groups is 1. The summed E-state index contributed by atoms with van der Waals surface area (Å²) < 4.78 is 18.4. The fourth-order valence-corrected chi connectivity index (χ4v) is 3.16. The molecule has 0 saturated carbocycles. The van der Waals surface area contributed by atoms with E-state index >= 15 is 0 Å². The first kappa shape index (κ1) is 24.5. The Bertz CT molecular complexity index is 914. The van der Waals surface area contributed by atoms with E-state index in [0.29, 0.717) is 17.9 Å². The smallest absolute Gasteiger partial charge is 0.279 e. The lowest BCUT2D eigenvalue weighted by Gasteiger charge is -2.20. The van der Waals surface area contributed by atoms with Gasteiger partial charge in [0.05, 0.1) is 10.6 Å². The highest BCUT2D eigenvalue weighted by Crippen LogP contribution is 2.15. The first-order valence-electron chi connectivity index (χ1n) is 9.38. The van der Waals surface area contributed by atoms with Crippen LogP contribution in [0.5, 0.6) is 5.75 Å². The molecule has 7 nitrogen and oxygen atoms in total. The topological polar surface area (TPSA) is 96.5 Å². The van der Waals surface area contributed by atoms with E-state index in [1.165, 1.54) is 43.0 Å². The number of hydrogen-bond acceptors (Lipinski definition) is 5. The van der Waals surface area contributed by atoms with E-state index in [-0.39, 0.29) is 10.6 Å². The number of benzene rings is 2. The van der Waals surface area contributed by atoms with Gasteiger partial charge in [0.25, 0.3) is 17.7 Å². The predicted molar refractivity (Wildman–Crippen MR) is 118 cm³/mol. The van der Waals surface area contributed by atoms with Gasteiger partial charge >= 0.3 is 0 Å².